The summed E-state index contributed by atoms with van der Waals surface area (Å²) in [5, 5.41) is 0. The summed E-state index contributed by atoms with van der Waals surface area (Å²) in [6.07, 6.45) is -0.118. The molecule has 0 N–H and O–H groups in total. The van der Waals surface area contributed by atoms with E-state index in [9.17, 15) is 4.39 Å². The topological polar surface area (TPSA) is 25.4 Å². The fourth-order valence-electron chi connectivity index (χ4n) is 0.865. The zero-order valence-electron chi connectivity index (χ0n) is 5.55. The molecule has 2 nitrogen and oxygen atoms in total. The molecule has 58 valence electrons. The van der Waals surface area contributed by atoms with Crippen molar-refractivity contribution in [2.75, 3.05) is 6.61 Å². The fourth-order valence-corrected chi connectivity index (χ4v) is 1.19. The highest BCUT2D eigenvalue weighted by Gasteiger charge is 2.29. The van der Waals surface area contributed by atoms with Gasteiger partial charge in [0.25, 0.3) is 0 Å². The lowest BCUT2D eigenvalue weighted by Gasteiger charge is -1.96. The van der Waals surface area contributed by atoms with Crippen LogP contribution >= 0.6 is 15.9 Å². The number of nitrogens with zero attached hydrogens (tertiary/aromatic N) is 1. The smallest absolute Gasteiger partial charge is 0.147 e. The molecule has 1 aromatic heterocycles. The molecule has 2 heterocycles. The maximum atomic E-state index is 12.9. The van der Waals surface area contributed by atoms with Gasteiger partial charge in [0.15, 0.2) is 0 Å². The zero-order chi connectivity index (χ0) is 7.84. The van der Waals surface area contributed by atoms with Crippen molar-refractivity contribution in [3.63, 3.8) is 0 Å². The standard InChI is InChI=1S/C7H5BrFNO/c8-6-2-1-4(9)7(10-6)5-3-11-5/h1-2,5H,3H2. The van der Waals surface area contributed by atoms with E-state index in [1.807, 2.05) is 0 Å². The molecule has 1 fully saturated rings. The molecule has 1 unspecified atom stereocenters. The lowest BCUT2D eigenvalue weighted by atomic mass is 10.3. The van der Waals surface area contributed by atoms with Crippen LogP contribution in [0.4, 0.5) is 4.39 Å². The van der Waals surface area contributed by atoms with Gasteiger partial charge in [-0.15, -0.1) is 0 Å². The average Bonchev–Trinajstić information content (AvgIpc) is 2.76. The number of halogens is 2. The van der Waals surface area contributed by atoms with E-state index >= 15 is 0 Å². The lowest BCUT2D eigenvalue weighted by Crippen LogP contribution is -1.92. The highest BCUT2D eigenvalue weighted by Crippen LogP contribution is 2.30. The number of hydrogen-bond acceptors (Lipinski definition) is 2. The molecule has 0 bridgehead atoms. The van der Waals surface area contributed by atoms with Crippen LogP contribution in [0.1, 0.15) is 11.8 Å². The van der Waals surface area contributed by atoms with E-state index in [2.05, 4.69) is 20.9 Å². The lowest BCUT2D eigenvalue weighted by molar-refractivity contribution is 0.402. The van der Waals surface area contributed by atoms with E-state index in [1.165, 1.54) is 6.07 Å². The molecular formula is C7H5BrFNO. The summed E-state index contributed by atoms with van der Waals surface area (Å²) < 4.78 is 18.4. The molecule has 11 heavy (non-hydrogen) atoms. The maximum absolute atomic E-state index is 12.9. The molecular weight excluding hydrogens is 213 g/mol. The Balaban J connectivity index is 2.42. The van der Waals surface area contributed by atoms with Crippen LogP contribution in [-0.2, 0) is 4.74 Å². The first-order valence-electron chi connectivity index (χ1n) is 3.21. The second-order valence-electron chi connectivity index (χ2n) is 2.32. The van der Waals surface area contributed by atoms with Gasteiger partial charge in [-0.25, -0.2) is 9.37 Å². The predicted molar refractivity (Wildman–Crippen MR) is 40.6 cm³/mol. The van der Waals surface area contributed by atoms with E-state index in [1.54, 1.807) is 6.07 Å². The Hall–Kier alpha value is -0.480. The SMILES string of the molecule is Fc1ccc(Br)nc1C1CO1. The van der Waals surface area contributed by atoms with E-state index in [0.29, 0.717) is 16.9 Å². The van der Waals surface area contributed by atoms with Crippen molar-refractivity contribution in [2.45, 2.75) is 6.10 Å². The summed E-state index contributed by atoms with van der Waals surface area (Å²) in [5.74, 6) is -0.296. The van der Waals surface area contributed by atoms with Crippen molar-refractivity contribution in [1.29, 1.82) is 0 Å². The second-order valence-corrected chi connectivity index (χ2v) is 3.14. The van der Waals surface area contributed by atoms with Crippen molar-refractivity contribution < 1.29 is 9.13 Å². The van der Waals surface area contributed by atoms with Crippen molar-refractivity contribution in [2.24, 2.45) is 0 Å². The highest BCUT2D eigenvalue weighted by atomic mass is 79.9. The van der Waals surface area contributed by atoms with Crippen LogP contribution in [0, 0.1) is 5.82 Å². The van der Waals surface area contributed by atoms with Crippen molar-refractivity contribution in [1.82, 2.24) is 4.98 Å². The van der Waals surface area contributed by atoms with Gasteiger partial charge in [-0.3, -0.25) is 0 Å². The number of hydrogen-bond donors (Lipinski definition) is 0. The van der Waals surface area contributed by atoms with Gasteiger partial charge >= 0.3 is 0 Å². The molecule has 0 saturated carbocycles. The van der Waals surface area contributed by atoms with Crippen LogP contribution in [0.25, 0.3) is 0 Å². The van der Waals surface area contributed by atoms with Gasteiger partial charge in [0.05, 0.1) is 6.61 Å². The van der Waals surface area contributed by atoms with E-state index < -0.39 is 0 Å². The fraction of sp³-hybridized carbons (Fsp3) is 0.286. The van der Waals surface area contributed by atoms with E-state index in [4.69, 9.17) is 4.74 Å². The Labute approximate surface area is 71.5 Å². The van der Waals surface area contributed by atoms with Crippen LogP contribution in [-0.4, -0.2) is 11.6 Å². The van der Waals surface area contributed by atoms with Gasteiger partial charge < -0.3 is 4.74 Å². The second kappa shape index (κ2) is 2.53. The number of ether oxygens (including phenoxy) is 1. The summed E-state index contributed by atoms with van der Waals surface area (Å²) >= 11 is 3.16. The summed E-state index contributed by atoms with van der Waals surface area (Å²) in [7, 11) is 0. The quantitative estimate of drug-likeness (QED) is 0.532. The molecule has 0 radical (unpaired) electrons. The molecule has 0 aliphatic carbocycles. The van der Waals surface area contributed by atoms with Crippen molar-refractivity contribution in [3.8, 4) is 0 Å². The Morgan fingerprint density at radius 2 is 2.36 bits per heavy atom. The first-order chi connectivity index (χ1) is 5.27. The summed E-state index contributed by atoms with van der Waals surface area (Å²) in [5.41, 5.74) is 0.402. The molecule has 0 spiro atoms. The van der Waals surface area contributed by atoms with Crippen molar-refractivity contribution in [3.05, 3.63) is 28.2 Å². The van der Waals surface area contributed by atoms with Crippen molar-refractivity contribution >= 4 is 15.9 Å². The molecule has 4 heteroatoms. The van der Waals surface area contributed by atoms with E-state index in [-0.39, 0.29) is 11.9 Å². The van der Waals surface area contributed by atoms with Gasteiger partial charge in [0.1, 0.15) is 22.2 Å². The largest absolute Gasteiger partial charge is 0.366 e. The van der Waals surface area contributed by atoms with Gasteiger partial charge in [-0.05, 0) is 28.1 Å². The van der Waals surface area contributed by atoms with Gasteiger partial charge in [0.2, 0.25) is 0 Å². The molecule has 0 aromatic carbocycles. The van der Waals surface area contributed by atoms with Gasteiger partial charge in [-0.2, -0.15) is 0 Å². The zero-order valence-corrected chi connectivity index (χ0v) is 7.14. The number of pyridine rings is 1. The van der Waals surface area contributed by atoms with Crippen LogP contribution in [0.5, 0.6) is 0 Å². The van der Waals surface area contributed by atoms with Gasteiger partial charge in [-0.1, -0.05) is 0 Å². The first kappa shape index (κ1) is 7.18. The van der Waals surface area contributed by atoms with Crippen LogP contribution < -0.4 is 0 Å². The molecule has 1 saturated heterocycles. The average molecular weight is 218 g/mol. The summed E-state index contributed by atoms with van der Waals surface area (Å²) in [6, 6.07) is 2.95. The van der Waals surface area contributed by atoms with Crippen LogP contribution in [0.2, 0.25) is 0 Å². The minimum Gasteiger partial charge on any atom is -0.366 e. The normalized spacial score (nSPS) is 21.8. The van der Waals surface area contributed by atoms with Crippen LogP contribution in [0.3, 0.4) is 0 Å². The van der Waals surface area contributed by atoms with E-state index in [0.717, 1.165) is 0 Å². The van der Waals surface area contributed by atoms with Gasteiger partial charge in [0, 0.05) is 0 Å². The third kappa shape index (κ3) is 1.41. The highest BCUT2D eigenvalue weighted by molar-refractivity contribution is 9.10. The Bertz CT molecular complexity index is 288. The minimum atomic E-state index is -0.296. The first-order valence-corrected chi connectivity index (χ1v) is 4.00. The maximum Gasteiger partial charge on any atom is 0.147 e. The van der Waals surface area contributed by atoms with Crippen LogP contribution in [0.15, 0.2) is 16.7 Å². The predicted octanol–water partition coefficient (Wildman–Crippen LogP) is 2.05. The minimum absolute atomic E-state index is 0.118. The molecule has 2 rings (SSSR count). The molecule has 1 aromatic rings. The third-order valence-corrected chi connectivity index (χ3v) is 1.92. The third-order valence-electron chi connectivity index (χ3n) is 1.48. The molecule has 1 aliphatic rings. The number of rotatable bonds is 1. The molecule has 1 atom stereocenters. The number of aromatic nitrogens is 1. The molecule has 1 aliphatic heterocycles. The molecule has 0 amide bonds. The Morgan fingerprint density at radius 1 is 1.64 bits per heavy atom. The monoisotopic (exact) mass is 217 g/mol. The summed E-state index contributed by atoms with van der Waals surface area (Å²) in [6.45, 7) is 0.584. The Kier molecular flexibility index (Phi) is 1.65. The summed E-state index contributed by atoms with van der Waals surface area (Å²) in [4.78, 5) is 3.95. The Morgan fingerprint density at radius 3 is 3.00 bits per heavy atom. The number of epoxide rings is 1.